The molecule has 1 rings (SSSR count). The van der Waals surface area contributed by atoms with Gasteiger partial charge in [-0.15, -0.1) is 0 Å². The lowest BCUT2D eigenvalue weighted by atomic mass is 9.79. The predicted molar refractivity (Wildman–Crippen MR) is 68.4 cm³/mol. The predicted octanol–water partition coefficient (Wildman–Crippen LogP) is 0.886. The zero-order chi connectivity index (χ0) is 12.7. The van der Waals surface area contributed by atoms with Crippen molar-refractivity contribution in [2.24, 2.45) is 23.5 Å². The summed E-state index contributed by atoms with van der Waals surface area (Å²) in [7, 11) is 0. The molecule has 1 aliphatic rings. The van der Waals surface area contributed by atoms with Crippen LogP contribution in [0.3, 0.4) is 0 Å². The van der Waals surface area contributed by atoms with E-state index in [0.29, 0.717) is 31.3 Å². The van der Waals surface area contributed by atoms with E-state index >= 15 is 0 Å². The lowest BCUT2D eigenvalue weighted by Crippen LogP contribution is -2.36. The molecule has 1 aliphatic carbocycles. The Morgan fingerprint density at radius 3 is 2.65 bits per heavy atom. The number of aliphatic hydroxyl groups is 1. The van der Waals surface area contributed by atoms with Crippen LogP contribution in [0.5, 0.6) is 0 Å². The number of amides is 1. The molecule has 1 fully saturated rings. The number of carbonyl (C=O) groups is 1. The summed E-state index contributed by atoms with van der Waals surface area (Å²) in [6.45, 7) is 3.49. The van der Waals surface area contributed by atoms with Crippen molar-refractivity contribution in [3.05, 3.63) is 0 Å². The first-order valence-corrected chi connectivity index (χ1v) is 6.75. The summed E-state index contributed by atoms with van der Waals surface area (Å²) in [6.07, 6.45) is 5.15. The van der Waals surface area contributed by atoms with Gasteiger partial charge < -0.3 is 16.2 Å². The van der Waals surface area contributed by atoms with E-state index in [9.17, 15) is 9.90 Å². The quantitative estimate of drug-likeness (QED) is 0.647. The third-order valence-electron chi connectivity index (χ3n) is 3.80. The van der Waals surface area contributed by atoms with Crippen molar-refractivity contribution in [2.75, 3.05) is 19.7 Å². The highest BCUT2D eigenvalue weighted by molar-refractivity contribution is 5.76. The van der Waals surface area contributed by atoms with Gasteiger partial charge in [0.05, 0.1) is 0 Å². The van der Waals surface area contributed by atoms with Crippen LogP contribution in [0.15, 0.2) is 0 Å². The average Bonchev–Trinajstić information content (AvgIpc) is 2.36. The molecule has 4 heteroatoms. The van der Waals surface area contributed by atoms with Gasteiger partial charge in [0.1, 0.15) is 0 Å². The van der Waals surface area contributed by atoms with Gasteiger partial charge in [-0.2, -0.15) is 0 Å². The average molecular weight is 242 g/mol. The Morgan fingerprint density at radius 1 is 1.41 bits per heavy atom. The molecule has 0 spiro atoms. The molecule has 0 aromatic heterocycles. The molecule has 3 atom stereocenters. The molecule has 1 amide bonds. The molecule has 100 valence electrons. The van der Waals surface area contributed by atoms with Crippen molar-refractivity contribution in [3.8, 4) is 0 Å². The van der Waals surface area contributed by atoms with Crippen molar-refractivity contribution < 1.29 is 9.90 Å². The van der Waals surface area contributed by atoms with Gasteiger partial charge in [0.2, 0.25) is 5.91 Å². The molecule has 0 aliphatic heterocycles. The van der Waals surface area contributed by atoms with Gasteiger partial charge in [-0.05, 0) is 37.1 Å². The maximum absolute atomic E-state index is 11.6. The highest BCUT2D eigenvalue weighted by atomic mass is 16.3. The lowest BCUT2D eigenvalue weighted by molar-refractivity contribution is -0.122. The largest absolute Gasteiger partial charge is 0.396 e. The SMILES string of the molecule is CC(CN)CC(=O)NCC1CCCCC1CO. The number of rotatable bonds is 6. The maximum Gasteiger partial charge on any atom is 0.220 e. The number of aliphatic hydroxyl groups excluding tert-OH is 1. The van der Waals surface area contributed by atoms with Crippen LogP contribution in [-0.4, -0.2) is 30.7 Å². The van der Waals surface area contributed by atoms with Crippen LogP contribution in [0.25, 0.3) is 0 Å². The molecule has 4 nitrogen and oxygen atoms in total. The zero-order valence-corrected chi connectivity index (χ0v) is 10.8. The Hall–Kier alpha value is -0.610. The summed E-state index contributed by atoms with van der Waals surface area (Å²) in [5.41, 5.74) is 5.49. The van der Waals surface area contributed by atoms with E-state index in [-0.39, 0.29) is 18.4 Å². The first-order chi connectivity index (χ1) is 8.17. The number of nitrogens with one attached hydrogen (secondary N) is 1. The Labute approximate surface area is 104 Å². The van der Waals surface area contributed by atoms with Gasteiger partial charge in [0.25, 0.3) is 0 Å². The summed E-state index contributed by atoms with van der Waals surface area (Å²) in [6, 6.07) is 0. The first kappa shape index (κ1) is 14.5. The zero-order valence-electron chi connectivity index (χ0n) is 10.8. The molecule has 1 saturated carbocycles. The standard InChI is InChI=1S/C13H26N2O2/c1-10(7-14)6-13(17)15-8-11-4-2-3-5-12(11)9-16/h10-12,16H,2-9,14H2,1H3,(H,15,17). The molecule has 0 saturated heterocycles. The molecule has 17 heavy (non-hydrogen) atoms. The second-order valence-electron chi connectivity index (χ2n) is 5.34. The van der Waals surface area contributed by atoms with Crippen molar-refractivity contribution in [2.45, 2.75) is 39.0 Å². The minimum atomic E-state index is 0.0882. The Bertz CT molecular complexity index is 233. The lowest BCUT2D eigenvalue weighted by Gasteiger charge is -2.30. The topological polar surface area (TPSA) is 75.4 Å². The van der Waals surface area contributed by atoms with Gasteiger partial charge in [-0.1, -0.05) is 19.8 Å². The van der Waals surface area contributed by atoms with Gasteiger partial charge in [-0.25, -0.2) is 0 Å². The van der Waals surface area contributed by atoms with Crippen molar-refractivity contribution in [3.63, 3.8) is 0 Å². The fourth-order valence-electron chi connectivity index (χ4n) is 2.51. The van der Waals surface area contributed by atoms with Crippen LogP contribution >= 0.6 is 0 Å². The molecular weight excluding hydrogens is 216 g/mol. The van der Waals surface area contributed by atoms with E-state index in [1.165, 1.54) is 12.8 Å². The van der Waals surface area contributed by atoms with E-state index in [2.05, 4.69) is 5.32 Å². The van der Waals surface area contributed by atoms with E-state index in [0.717, 1.165) is 12.8 Å². The number of carbonyl (C=O) groups excluding carboxylic acids is 1. The van der Waals surface area contributed by atoms with Crippen LogP contribution in [0.4, 0.5) is 0 Å². The molecule has 0 bridgehead atoms. The van der Waals surface area contributed by atoms with Gasteiger partial charge in [0, 0.05) is 19.6 Å². The highest BCUT2D eigenvalue weighted by Crippen LogP contribution is 2.29. The van der Waals surface area contributed by atoms with Crippen LogP contribution in [0, 0.1) is 17.8 Å². The van der Waals surface area contributed by atoms with Crippen LogP contribution in [0.1, 0.15) is 39.0 Å². The first-order valence-electron chi connectivity index (χ1n) is 6.75. The number of hydrogen-bond acceptors (Lipinski definition) is 3. The summed E-state index contributed by atoms with van der Waals surface area (Å²) < 4.78 is 0. The Kier molecular flexibility index (Phi) is 6.52. The number of nitrogens with two attached hydrogens (primary N) is 1. The minimum Gasteiger partial charge on any atom is -0.396 e. The smallest absolute Gasteiger partial charge is 0.220 e. The third kappa shape index (κ3) is 5.04. The monoisotopic (exact) mass is 242 g/mol. The van der Waals surface area contributed by atoms with Crippen molar-refractivity contribution >= 4 is 5.91 Å². The summed E-state index contributed by atoms with van der Waals surface area (Å²) in [4.78, 5) is 11.6. The van der Waals surface area contributed by atoms with Crippen LogP contribution in [0.2, 0.25) is 0 Å². The third-order valence-corrected chi connectivity index (χ3v) is 3.80. The molecular formula is C13H26N2O2. The Balaban J connectivity index is 2.26. The molecule has 4 N–H and O–H groups in total. The highest BCUT2D eigenvalue weighted by Gasteiger charge is 2.24. The summed E-state index contributed by atoms with van der Waals surface area (Å²) >= 11 is 0. The fraction of sp³-hybridized carbons (Fsp3) is 0.923. The summed E-state index contributed by atoms with van der Waals surface area (Å²) in [5, 5.41) is 12.3. The van der Waals surface area contributed by atoms with Crippen LogP contribution < -0.4 is 11.1 Å². The van der Waals surface area contributed by atoms with Gasteiger partial charge in [-0.3, -0.25) is 4.79 Å². The molecule has 0 aromatic carbocycles. The Morgan fingerprint density at radius 2 is 2.06 bits per heavy atom. The van der Waals surface area contributed by atoms with E-state index in [4.69, 9.17) is 5.73 Å². The number of hydrogen-bond donors (Lipinski definition) is 3. The minimum absolute atomic E-state index is 0.0882. The second-order valence-corrected chi connectivity index (χ2v) is 5.34. The molecule has 0 heterocycles. The van der Waals surface area contributed by atoms with Crippen molar-refractivity contribution in [1.82, 2.24) is 5.32 Å². The van der Waals surface area contributed by atoms with Crippen molar-refractivity contribution in [1.29, 1.82) is 0 Å². The summed E-state index contributed by atoms with van der Waals surface area (Å²) in [5.74, 6) is 1.15. The van der Waals surface area contributed by atoms with E-state index in [1.807, 2.05) is 6.92 Å². The van der Waals surface area contributed by atoms with Gasteiger partial charge >= 0.3 is 0 Å². The fourth-order valence-corrected chi connectivity index (χ4v) is 2.51. The molecule has 0 radical (unpaired) electrons. The maximum atomic E-state index is 11.6. The normalized spacial score (nSPS) is 26.5. The molecule has 3 unspecified atom stereocenters. The van der Waals surface area contributed by atoms with E-state index in [1.54, 1.807) is 0 Å². The van der Waals surface area contributed by atoms with Crippen LogP contribution in [-0.2, 0) is 4.79 Å². The second kappa shape index (κ2) is 7.67. The van der Waals surface area contributed by atoms with Gasteiger partial charge in [0.15, 0.2) is 0 Å². The van der Waals surface area contributed by atoms with E-state index < -0.39 is 0 Å². The molecule has 0 aromatic rings.